The highest BCUT2D eigenvalue weighted by atomic mass is 16.5. The molecule has 0 aromatic heterocycles. The molecule has 0 aromatic rings. The Morgan fingerprint density at radius 3 is 1.14 bits per heavy atom. The minimum atomic E-state index is -0.879. The topological polar surface area (TPSA) is 120 Å². The summed E-state index contributed by atoms with van der Waals surface area (Å²) < 4.78 is 10.1. The predicted molar refractivity (Wildman–Crippen MR) is 83.6 cm³/mol. The molecular weight excluding hydrogens is 292 g/mol. The van der Waals surface area contributed by atoms with Crippen LogP contribution < -0.4 is 0 Å². The number of aliphatic hydroxyl groups excluding tert-OH is 5. The highest BCUT2D eigenvalue weighted by Crippen LogP contribution is 2.20. The molecule has 0 radical (unpaired) electrons. The molecule has 0 aromatic carbocycles. The molecule has 0 rings (SSSR count). The van der Waals surface area contributed by atoms with Gasteiger partial charge in [-0.05, 0) is 20.3 Å². The van der Waals surface area contributed by atoms with Gasteiger partial charge in [-0.2, -0.15) is 0 Å². The molecular formula is C15H34O7. The van der Waals surface area contributed by atoms with Gasteiger partial charge in [0.05, 0.1) is 51.7 Å². The van der Waals surface area contributed by atoms with Crippen LogP contribution in [0, 0.1) is 10.8 Å². The lowest BCUT2D eigenvalue weighted by Gasteiger charge is -2.27. The Morgan fingerprint density at radius 2 is 0.909 bits per heavy atom. The molecule has 5 N–H and O–H groups in total. The van der Waals surface area contributed by atoms with Gasteiger partial charge in [0.25, 0.3) is 0 Å². The normalized spacial score (nSPS) is 12.0. The van der Waals surface area contributed by atoms with Gasteiger partial charge in [0, 0.05) is 18.6 Å². The highest BCUT2D eigenvalue weighted by molar-refractivity contribution is 4.76. The van der Waals surface area contributed by atoms with Crippen LogP contribution in [0.15, 0.2) is 0 Å². The van der Waals surface area contributed by atoms with E-state index in [4.69, 9.17) is 35.0 Å². The summed E-state index contributed by atoms with van der Waals surface area (Å²) in [4.78, 5) is 0. The molecule has 7 heteroatoms. The maximum atomic E-state index is 8.96. The summed E-state index contributed by atoms with van der Waals surface area (Å²) >= 11 is 0. The third-order valence-corrected chi connectivity index (χ3v) is 3.65. The third kappa shape index (κ3) is 8.99. The molecule has 136 valence electrons. The van der Waals surface area contributed by atoms with Crippen molar-refractivity contribution in [3.05, 3.63) is 0 Å². The number of aliphatic hydroxyl groups is 5. The van der Waals surface area contributed by atoms with Crippen LogP contribution in [-0.2, 0) is 9.47 Å². The van der Waals surface area contributed by atoms with E-state index in [1.54, 1.807) is 0 Å². The smallest absolute Gasteiger partial charge is 0.0629 e. The number of hydrogen-bond acceptors (Lipinski definition) is 7. The van der Waals surface area contributed by atoms with Gasteiger partial charge in [0.2, 0.25) is 0 Å². The minimum Gasteiger partial charge on any atom is -0.396 e. The van der Waals surface area contributed by atoms with Crippen molar-refractivity contribution in [1.82, 2.24) is 0 Å². The SMILES string of the molecule is CCOCC(CC)(CO)CO.CCOCC(CO)(CO)CO. The van der Waals surface area contributed by atoms with Gasteiger partial charge in [0.1, 0.15) is 0 Å². The second kappa shape index (κ2) is 14.3. The quantitative estimate of drug-likeness (QED) is 0.324. The van der Waals surface area contributed by atoms with Crippen molar-refractivity contribution < 1.29 is 35.0 Å². The Kier molecular flexibility index (Phi) is 15.6. The van der Waals surface area contributed by atoms with Crippen molar-refractivity contribution in [2.45, 2.75) is 27.2 Å². The van der Waals surface area contributed by atoms with Gasteiger partial charge in [-0.25, -0.2) is 0 Å². The lowest BCUT2D eigenvalue weighted by Crippen LogP contribution is -2.38. The first-order valence-corrected chi connectivity index (χ1v) is 7.69. The summed E-state index contributed by atoms with van der Waals surface area (Å²) in [6.07, 6.45) is 0.736. The molecule has 0 aliphatic heterocycles. The Labute approximate surface area is 133 Å². The van der Waals surface area contributed by atoms with Gasteiger partial charge in [-0.1, -0.05) is 6.92 Å². The van der Waals surface area contributed by atoms with E-state index < -0.39 is 10.8 Å². The van der Waals surface area contributed by atoms with Gasteiger partial charge in [-0.3, -0.25) is 0 Å². The zero-order valence-electron chi connectivity index (χ0n) is 14.1. The van der Waals surface area contributed by atoms with E-state index >= 15 is 0 Å². The summed E-state index contributed by atoms with van der Waals surface area (Å²) in [5, 5.41) is 44.3. The molecule has 22 heavy (non-hydrogen) atoms. The second-order valence-corrected chi connectivity index (χ2v) is 5.42. The maximum Gasteiger partial charge on any atom is 0.0629 e. The largest absolute Gasteiger partial charge is 0.396 e. The van der Waals surface area contributed by atoms with Gasteiger partial charge < -0.3 is 35.0 Å². The molecule has 0 aliphatic carbocycles. The first-order valence-electron chi connectivity index (χ1n) is 7.69. The van der Waals surface area contributed by atoms with Gasteiger partial charge in [0.15, 0.2) is 0 Å². The van der Waals surface area contributed by atoms with E-state index in [0.717, 1.165) is 6.42 Å². The molecule has 0 aliphatic rings. The van der Waals surface area contributed by atoms with E-state index in [2.05, 4.69) is 0 Å². The minimum absolute atomic E-state index is 0.0139. The van der Waals surface area contributed by atoms with Crippen LogP contribution in [-0.4, -0.2) is 85.0 Å². The summed E-state index contributed by atoms with van der Waals surface area (Å²) in [7, 11) is 0. The first kappa shape index (κ1) is 24.0. The molecule has 0 spiro atoms. The number of hydrogen-bond donors (Lipinski definition) is 5. The molecule has 0 fully saturated rings. The number of rotatable bonds is 12. The van der Waals surface area contributed by atoms with Crippen LogP contribution in [0.3, 0.4) is 0 Å². The van der Waals surface area contributed by atoms with Crippen LogP contribution in [0.25, 0.3) is 0 Å². The third-order valence-electron chi connectivity index (χ3n) is 3.65. The molecule has 0 atom stereocenters. The summed E-state index contributed by atoms with van der Waals surface area (Å²) in [6, 6.07) is 0. The second-order valence-electron chi connectivity index (χ2n) is 5.42. The Bertz CT molecular complexity index is 187. The Hall–Kier alpha value is -0.280. The van der Waals surface area contributed by atoms with Crippen LogP contribution in [0.4, 0.5) is 0 Å². The van der Waals surface area contributed by atoms with Crippen molar-refractivity contribution in [1.29, 1.82) is 0 Å². The maximum absolute atomic E-state index is 8.96. The number of ether oxygens (including phenoxy) is 2. The van der Waals surface area contributed by atoms with E-state index in [1.165, 1.54) is 0 Å². The lowest BCUT2D eigenvalue weighted by molar-refractivity contribution is -0.0552. The fraction of sp³-hybridized carbons (Fsp3) is 1.00. The van der Waals surface area contributed by atoms with Crippen molar-refractivity contribution in [2.24, 2.45) is 10.8 Å². The zero-order valence-corrected chi connectivity index (χ0v) is 14.1. The molecule has 0 saturated heterocycles. The van der Waals surface area contributed by atoms with E-state index in [9.17, 15) is 0 Å². The van der Waals surface area contributed by atoms with Gasteiger partial charge >= 0.3 is 0 Å². The van der Waals surface area contributed by atoms with Gasteiger partial charge in [-0.15, -0.1) is 0 Å². The molecule has 0 saturated carbocycles. The van der Waals surface area contributed by atoms with Crippen molar-refractivity contribution in [2.75, 3.05) is 59.5 Å². The molecule has 0 bridgehead atoms. The first-order chi connectivity index (χ1) is 10.5. The highest BCUT2D eigenvalue weighted by Gasteiger charge is 2.28. The zero-order chi connectivity index (χ0) is 17.5. The fourth-order valence-corrected chi connectivity index (χ4v) is 1.39. The van der Waals surface area contributed by atoms with Crippen molar-refractivity contribution in [3.63, 3.8) is 0 Å². The van der Waals surface area contributed by atoms with E-state index in [-0.39, 0.29) is 39.6 Å². The van der Waals surface area contributed by atoms with Crippen molar-refractivity contribution >= 4 is 0 Å². The molecule has 0 amide bonds. The standard InChI is InChI=1S/C8H18O3.C7H16O4/c1-3-8(5-9,6-10)7-11-4-2;1-2-11-6-7(3-8,4-9)5-10/h9-10H,3-7H2,1-2H3;8-10H,2-6H2,1H3. The average Bonchev–Trinajstić information content (AvgIpc) is 2.59. The van der Waals surface area contributed by atoms with Crippen LogP contribution in [0.2, 0.25) is 0 Å². The lowest BCUT2D eigenvalue weighted by atomic mass is 9.88. The summed E-state index contributed by atoms with van der Waals surface area (Å²) in [6.45, 7) is 6.60. The molecule has 0 heterocycles. The van der Waals surface area contributed by atoms with Crippen LogP contribution >= 0.6 is 0 Å². The molecule has 7 nitrogen and oxygen atoms in total. The van der Waals surface area contributed by atoms with Crippen LogP contribution in [0.1, 0.15) is 27.2 Å². The monoisotopic (exact) mass is 326 g/mol. The fourth-order valence-electron chi connectivity index (χ4n) is 1.39. The van der Waals surface area contributed by atoms with Crippen LogP contribution in [0.5, 0.6) is 0 Å². The average molecular weight is 326 g/mol. The van der Waals surface area contributed by atoms with Crippen molar-refractivity contribution in [3.8, 4) is 0 Å². The summed E-state index contributed by atoms with van der Waals surface area (Å²) in [5.74, 6) is 0. The molecule has 0 unspecified atom stereocenters. The summed E-state index contributed by atoms with van der Waals surface area (Å²) in [5.41, 5.74) is -1.31. The van der Waals surface area contributed by atoms with E-state index in [1.807, 2.05) is 20.8 Å². The van der Waals surface area contributed by atoms with E-state index in [0.29, 0.717) is 19.8 Å². The Morgan fingerprint density at radius 1 is 0.591 bits per heavy atom. The predicted octanol–water partition coefficient (Wildman–Crippen LogP) is -0.610. The Balaban J connectivity index is 0.